The second-order valence-corrected chi connectivity index (χ2v) is 6.67. The lowest BCUT2D eigenvalue weighted by molar-refractivity contribution is -0.384. The number of hydrogen-bond donors (Lipinski definition) is 1. The molecule has 0 aliphatic carbocycles. The fraction of sp³-hybridized carbons (Fsp3) is 0.300. The summed E-state index contributed by atoms with van der Waals surface area (Å²) in [4.78, 5) is 35.3. The number of esters is 1. The molecule has 0 fully saturated rings. The molecular formula is C20H22N2O6. The van der Waals surface area contributed by atoms with E-state index in [4.69, 9.17) is 9.47 Å². The van der Waals surface area contributed by atoms with Crippen molar-refractivity contribution >= 4 is 23.3 Å². The minimum atomic E-state index is -1.07. The van der Waals surface area contributed by atoms with Crippen LogP contribution in [-0.4, -0.2) is 30.0 Å². The van der Waals surface area contributed by atoms with Crippen molar-refractivity contribution in [1.29, 1.82) is 0 Å². The third kappa shape index (κ3) is 4.64. The van der Waals surface area contributed by atoms with Crippen LogP contribution in [0.3, 0.4) is 0 Å². The summed E-state index contributed by atoms with van der Waals surface area (Å²) in [7, 11) is 1.33. The minimum absolute atomic E-state index is 0.130. The molecule has 28 heavy (non-hydrogen) atoms. The Labute approximate surface area is 162 Å². The van der Waals surface area contributed by atoms with E-state index >= 15 is 0 Å². The van der Waals surface area contributed by atoms with Crippen molar-refractivity contribution in [3.63, 3.8) is 0 Å². The molecule has 1 amide bonds. The number of nitrogens with zero attached hydrogens (tertiary/aromatic N) is 1. The molecule has 0 unspecified atom stereocenters. The summed E-state index contributed by atoms with van der Waals surface area (Å²) in [6, 6.07) is 12.9. The third-order valence-corrected chi connectivity index (χ3v) is 4.31. The fourth-order valence-electron chi connectivity index (χ4n) is 2.47. The number of amides is 1. The van der Waals surface area contributed by atoms with Crippen LogP contribution >= 0.6 is 0 Å². The number of nitro groups is 1. The van der Waals surface area contributed by atoms with Gasteiger partial charge in [0.1, 0.15) is 5.75 Å². The van der Waals surface area contributed by atoms with Crippen LogP contribution in [-0.2, 0) is 19.7 Å². The molecular weight excluding hydrogens is 364 g/mol. The van der Waals surface area contributed by atoms with Crippen LogP contribution in [0.15, 0.2) is 48.5 Å². The maximum absolute atomic E-state index is 12.6. The van der Waals surface area contributed by atoms with Crippen LogP contribution in [0.2, 0.25) is 0 Å². The highest BCUT2D eigenvalue weighted by molar-refractivity contribution is 5.97. The lowest BCUT2D eigenvalue weighted by Gasteiger charge is -2.25. The van der Waals surface area contributed by atoms with Crippen LogP contribution < -0.4 is 10.1 Å². The maximum atomic E-state index is 12.6. The Hall–Kier alpha value is -3.42. The average molecular weight is 386 g/mol. The summed E-state index contributed by atoms with van der Waals surface area (Å²) in [6.45, 7) is 4.88. The summed E-state index contributed by atoms with van der Waals surface area (Å²) in [5.74, 6) is -0.993. The van der Waals surface area contributed by atoms with Gasteiger partial charge in [-0.3, -0.25) is 19.7 Å². The van der Waals surface area contributed by atoms with Crippen LogP contribution in [0.25, 0.3) is 0 Å². The number of hydrogen-bond acceptors (Lipinski definition) is 6. The molecule has 0 spiro atoms. The van der Waals surface area contributed by atoms with Crippen molar-refractivity contribution in [2.24, 2.45) is 0 Å². The van der Waals surface area contributed by atoms with E-state index in [1.165, 1.54) is 32.2 Å². The highest BCUT2D eigenvalue weighted by Gasteiger charge is 2.34. The number of nitro benzene ring substituents is 1. The largest absolute Gasteiger partial charge is 0.494 e. The van der Waals surface area contributed by atoms with E-state index in [2.05, 4.69) is 5.32 Å². The number of rotatable bonds is 7. The van der Waals surface area contributed by atoms with Gasteiger partial charge in [0, 0.05) is 6.07 Å². The van der Waals surface area contributed by atoms with Gasteiger partial charge in [0.05, 0.1) is 29.2 Å². The topological polar surface area (TPSA) is 108 Å². The molecule has 2 rings (SSSR count). The minimum Gasteiger partial charge on any atom is -0.494 e. The van der Waals surface area contributed by atoms with E-state index in [0.717, 1.165) is 5.56 Å². The average Bonchev–Trinajstić information content (AvgIpc) is 2.68. The zero-order chi connectivity index (χ0) is 20.9. The van der Waals surface area contributed by atoms with Crippen molar-refractivity contribution in [3.8, 4) is 5.75 Å². The Morgan fingerprint density at radius 2 is 1.79 bits per heavy atom. The lowest BCUT2D eigenvalue weighted by atomic mass is 9.85. The molecule has 8 nitrogen and oxygen atoms in total. The van der Waals surface area contributed by atoms with E-state index in [-0.39, 0.29) is 17.1 Å². The van der Waals surface area contributed by atoms with Crippen molar-refractivity contribution in [2.45, 2.75) is 32.3 Å². The molecule has 0 heterocycles. The first-order valence-corrected chi connectivity index (χ1v) is 8.56. The first-order valence-electron chi connectivity index (χ1n) is 8.56. The second-order valence-electron chi connectivity index (χ2n) is 6.67. The fourth-order valence-corrected chi connectivity index (χ4v) is 2.47. The first kappa shape index (κ1) is 20.9. The Morgan fingerprint density at radius 1 is 1.14 bits per heavy atom. The van der Waals surface area contributed by atoms with Crippen LogP contribution in [0.5, 0.6) is 5.75 Å². The van der Waals surface area contributed by atoms with E-state index in [9.17, 15) is 19.7 Å². The smallest absolute Gasteiger partial charge is 0.316 e. The number of anilines is 1. The standard InChI is InChI=1S/C20H22N2O6/c1-13(28-19(24)20(2,3)14-8-6-5-7-9-14)18(23)21-16-11-10-15(22(25)26)12-17(16)27-4/h5-13H,1-4H3,(H,21,23)/t13-/m1/s1. The number of carbonyl (C=O) groups excluding carboxylic acids is 2. The van der Waals surface area contributed by atoms with Gasteiger partial charge in [0.2, 0.25) is 0 Å². The van der Waals surface area contributed by atoms with Gasteiger partial charge in [-0.05, 0) is 32.4 Å². The summed E-state index contributed by atoms with van der Waals surface area (Å²) in [5.41, 5.74) is -0.0900. The summed E-state index contributed by atoms with van der Waals surface area (Å²) < 4.78 is 10.4. The lowest BCUT2D eigenvalue weighted by Crippen LogP contribution is -2.37. The summed E-state index contributed by atoms with van der Waals surface area (Å²) in [5, 5.41) is 13.4. The molecule has 2 aromatic rings. The van der Waals surface area contributed by atoms with Crippen molar-refractivity contribution in [3.05, 3.63) is 64.2 Å². The molecule has 1 atom stereocenters. The number of non-ortho nitro benzene ring substituents is 1. The molecule has 0 saturated heterocycles. The molecule has 0 aromatic heterocycles. The van der Waals surface area contributed by atoms with Gasteiger partial charge < -0.3 is 14.8 Å². The van der Waals surface area contributed by atoms with Crippen molar-refractivity contribution in [2.75, 3.05) is 12.4 Å². The predicted octanol–water partition coefficient (Wildman–Crippen LogP) is 3.45. The van der Waals surface area contributed by atoms with Gasteiger partial charge in [0.15, 0.2) is 6.10 Å². The SMILES string of the molecule is COc1cc([N+](=O)[O-])ccc1NC(=O)[C@@H](C)OC(=O)C(C)(C)c1ccccc1. The Morgan fingerprint density at radius 3 is 2.36 bits per heavy atom. The van der Waals surface area contributed by atoms with Crippen LogP contribution in [0.4, 0.5) is 11.4 Å². The molecule has 2 aromatic carbocycles. The van der Waals surface area contributed by atoms with Crippen LogP contribution in [0, 0.1) is 10.1 Å². The van der Waals surface area contributed by atoms with E-state index in [0.29, 0.717) is 0 Å². The highest BCUT2D eigenvalue weighted by atomic mass is 16.6. The molecule has 0 bridgehead atoms. The predicted molar refractivity (Wildman–Crippen MR) is 103 cm³/mol. The van der Waals surface area contributed by atoms with E-state index in [1.54, 1.807) is 13.8 Å². The molecule has 0 saturated carbocycles. The second kappa shape index (κ2) is 8.51. The Balaban J connectivity index is 2.09. The van der Waals surface area contributed by atoms with E-state index in [1.807, 2.05) is 30.3 Å². The molecule has 8 heteroatoms. The third-order valence-electron chi connectivity index (χ3n) is 4.31. The van der Waals surface area contributed by atoms with Crippen molar-refractivity contribution < 1.29 is 24.0 Å². The van der Waals surface area contributed by atoms with Gasteiger partial charge in [-0.25, -0.2) is 0 Å². The highest BCUT2D eigenvalue weighted by Crippen LogP contribution is 2.29. The first-order chi connectivity index (χ1) is 13.2. The zero-order valence-corrected chi connectivity index (χ0v) is 16.1. The molecule has 148 valence electrons. The molecule has 0 radical (unpaired) electrons. The number of methoxy groups -OCH3 is 1. The van der Waals surface area contributed by atoms with Gasteiger partial charge in [-0.15, -0.1) is 0 Å². The van der Waals surface area contributed by atoms with Crippen LogP contribution in [0.1, 0.15) is 26.3 Å². The monoisotopic (exact) mass is 386 g/mol. The van der Waals surface area contributed by atoms with Gasteiger partial charge in [-0.2, -0.15) is 0 Å². The van der Waals surface area contributed by atoms with Crippen molar-refractivity contribution in [1.82, 2.24) is 0 Å². The number of carbonyl (C=O) groups is 2. The Kier molecular flexibility index (Phi) is 6.35. The van der Waals surface area contributed by atoms with Gasteiger partial charge in [0.25, 0.3) is 11.6 Å². The molecule has 1 N–H and O–H groups in total. The number of nitrogens with one attached hydrogen (secondary N) is 1. The molecule has 0 aliphatic rings. The zero-order valence-electron chi connectivity index (χ0n) is 16.1. The normalized spacial score (nSPS) is 12.0. The summed E-state index contributed by atoms with van der Waals surface area (Å²) in [6.07, 6.45) is -1.07. The molecule has 0 aliphatic heterocycles. The quantitative estimate of drug-likeness (QED) is 0.444. The number of ether oxygens (including phenoxy) is 2. The maximum Gasteiger partial charge on any atom is 0.316 e. The number of benzene rings is 2. The van der Waals surface area contributed by atoms with Gasteiger partial charge in [-0.1, -0.05) is 30.3 Å². The Bertz CT molecular complexity index is 880. The summed E-state index contributed by atoms with van der Waals surface area (Å²) >= 11 is 0. The van der Waals surface area contributed by atoms with Gasteiger partial charge >= 0.3 is 5.97 Å². The van der Waals surface area contributed by atoms with E-state index < -0.39 is 28.3 Å².